The first-order chi connectivity index (χ1) is 13.3. The van der Waals surface area contributed by atoms with Gasteiger partial charge in [-0.15, -0.1) is 0 Å². The molecule has 0 unspecified atom stereocenters. The van der Waals surface area contributed by atoms with Crippen molar-refractivity contribution in [2.75, 3.05) is 13.7 Å². The SMILES string of the molecule is COCC1CCC(c2ccc(-c3ccc(C4CCCCC4)cc3)cc2)CC1. The Labute approximate surface area is 165 Å². The number of benzene rings is 2. The Morgan fingerprint density at radius 1 is 0.630 bits per heavy atom. The summed E-state index contributed by atoms with van der Waals surface area (Å²) in [7, 11) is 1.83. The topological polar surface area (TPSA) is 9.23 Å². The van der Waals surface area contributed by atoms with E-state index in [4.69, 9.17) is 4.74 Å². The number of hydrogen-bond donors (Lipinski definition) is 0. The van der Waals surface area contributed by atoms with Crippen LogP contribution >= 0.6 is 0 Å². The molecule has 0 heterocycles. The standard InChI is InChI=1S/C26H34O/c1-27-19-20-7-9-22(10-8-20)24-15-17-26(18-16-24)25-13-11-23(12-14-25)21-5-3-2-4-6-21/h11-18,20-22H,2-10,19H2,1H3. The van der Waals surface area contributed by atoms with Crippen molar-refractivity contribution in [1.82, 2.24) is 0 Å². The normalized spacial score (nSPS) is 24.0. The Kier molecular flexibility index (Phi) is 6.29. The van der Waals surface area contributed by atoms with Crippen LogP contribution < -0.4 is 0 Å². The summed E-state index contributed by atoms with van der Waals surface area (Å²) in [6.45, 7) is 0.933. The molecule has 4 rings (SSSR count). The number of rotatable bonds is 5. The highest BCUT2D eigenvalue weighted by molar-refractivity contribution is 5.64. The second-order valence-corrected chi connectivity index (χ2v) is 8.75. The molecule has 144 valence electrons. The van der Waals surface area contributed by atoms with Crippen molar-refractivity contribution >= 4 is 0 Å². The molecule has 27 heavy (non-hydrogen) atoms. The van der Waals surface area contributed by atoms with E-state index in [-0.39, 0.29) is 0 Å². The number of ether oxygens (including phenoxy) is 1. The van der Waals surface area contributed by atoms with Crippen molar-refractivity contribution in [3.63, 3.8) is 0 Å². The number of methoxy groups -OCH3 is 1. The Bertz CT molecular complexity index is 686. The fourth-order valence-electron chi connectivity index (χ4n) is 5.23. The van der Waals surface area contributed by atoms with Crippen LogP contribution in [0, 0.1) is 5.92 Å². The van der Waals surface area contributed by atoms with Crippen molar-refractivity contribution < 1.29 is 4.74 Å². The smallest absolute Gasteiger partial charge is 0.0490 e. The van der Waals surface area contributed by atoms with Crippen LogP contribution in [0.25, 0.3) is 11.1 Å². The van der Waals surface area contributed by atoms with Gasteiger partial charge in [-0.2, -0.15) is 0 Å². The van der Waals surface area contributed by atoms with Gasteiger partial charge >= 0.3 is 0 Å². The van der Waals surface area contributed by atoms with Gasteiger partial charge < -0.3 is 4.74 Å². The first-order valence-electron chi connectivity index (χ1n) is 11.0. The van der Waals surface area contributed by atoms with E-state index in [1.165, 1.54) is 74.5 Å². The average Bonchev–Trinajstić information content (AvgIpc) is 2.75. The first-order valence-corrected chi connectivity index (χ1v) is 11.0. The highest BCUT2D eigenvalue weighted by Gasteiger charge is 2.22. The van der Waals surface area contributed by atoms with Gasteiger partial charge in [0.05, 0.1) is 0 Å². The predicted octanol–water partition coefficient (Wildman–Crippen LogP) is 7.32. The van der Waals surface area contributed by atoms with Gasteiger partial charge in [0.15, 0.2) is 0 Å². The maximum absolute atomic E-state index is 5.33. The zero-order chi connectivity index (χ0) is 18.5. The van der Waals surface area contributed by atoms with E-state index in [0.29, 0.717) is 0 Å². The maximum atomic E-state index is 5.33. The summed E-state index contributed by atoms with van der Waals surface area (Å²) in [4.78, 5) is 0. The van der Waals surface area contributed by atoms with Crippen LogP contribution in [-0.4, -0.2) is 13.7 Å². The van der Waals surface area contributed by atoms with Crippen LogP contribution in [-0.2, 0) is 4.74 Å². The lowest BCUT2D eigenvalue weighted by molar-refractivity contribution is 0.127. The van der Waals surface area contributed by atoms with E-state index >= 15 is 0 Å². The Balaban J connectivity index is 1.39. The molecule has 2 aromatic carbocycles. The minimum atomic E-state index is 0.737. The van der Waals surface area contributed by atoms with Crippen molar-refractivity contribution in [1.29, 1.82) is 0 Å². The van der Waals surface area contributed by atoms with E-state index in [9.17, 15) is 0 Å². The molecule has 0 amide bonds. The Morgan fingerprint density at radius 2 is 1.11 bits per heavy atom. The predicted molar refractivity (Wildman–Crippen MR) is 114 cm³/mol. The summed E-state index contributed by atoms with van der Waals surface area (Å²) in [5.41, 5.74) is 5.77. The molecule has 1 heteroatoms. The monoisotopic (exact) mass is 362 g/mol. The van der Waals surface area contributed by atoms with E-state index in [0.717, 1.165) is 24.4 Å². The molecule has 2 aliphatic carbocycles. The lowest BCUT2D eigenvalue weighted by Crippen LogP contribution is -2.17. The molecule has 0 atom stereocenters. The minimum Gasteiger partial charge on any atom is -0.384 e. The van der Waals surface area contributed by atoms with Crippen molar-refractivity contribution in [3.8, 4) is 11.1 Å². The van der Waals surface area contributed by atoms with E-state index in [1.54, 1.807) is 5.56 Å². The first kappa shape index (κ1) is 18.7. The largest absolute Gasteiger partial charge is 0.384 e. The highest BCUT2D eigenvalue weighted by atomic mass is 16.5. The van der Waals surface area contributed by atoms with Gasteiger partial charge in [-0.1, -0.05) is 67.8 Å². The molecule has 0 bridgehead atoms. The van der Waals surface area contributed by atoms with Crippen LogP contribution in [0.1, 0.15) is 80.8 Å². The average molecular weight is 363 g/mol. The summed E-state index contributed by atoms with van der Waals surface area (Å²) in [6.07, 6.45) is 12.2. The third kappa shape index (κ3) is 4.63. The van der Waals surface area contributed by atoms with Crippen LogP contribution in [0.15, 0.2) is 48.5 Å². The molecule has 0 radical (unpaired) electrons. The van der Waals surface area contributed by atoms with Gasteiger partial charge in [0, 0.05) is 13.7 Å². The zero-order valence-corrected chi connectivity index (χ0v) is 16.8. The molecular formula is C26H34O. The van der Waals surface area contributed by atoms with Crippen LogP contribution in [0.5, 0.6) is 0 Å². The Morgan fingerprint density at radius 3 is 1.59 bits per heavy atom. The van der Waals surface area contributed by atoms with Gasteiger partial charge in [-0.25, -0.2) is 0 Å². The number of hydrogen-bond acceptors (Lipinski definition) is 1. The second kappa shape index (κ2) is 9.06. The summed E-state index contributed by atoms with van der Waals surface area (Å²) in [5, 5.41) is 0. The molecule has 2 aliphatic rings. The van der Waals surface area contributed by atoms with Crippen molar-refractivity contribution in [3.05, 3.63) is 59.7 Å². The van der Waals surface area contributed by atoms with E-state index < -0.39 is 0 Å². The lowest BCUT2D eigenvalue weighted by Gasteiger charge is -2.28. The van der Waals surface area contributed by atoms with E-state index in [2.05, 4.69) is 48.5 Å². The van der Waals surface area contributed by atoms with Gasteiger partial charge in [0.25, 0.3) is 0 Å². The molecule has 0 aliphatic heterocycles. The van der Waals surface area contributed by atoms with Gasteiger partial charge in [-0.05, 0) is 78.5 Å². The minimum absolute atomic E-state index is 0.737. The highest BCUT2D eigenvalue weighted by Crippen LogP contribution is 2.37. The van der Waals surface area contributed by atoms with Gasteiger partial charge in [0.2, 0.25) is 0 Å². The lowest BCUT2D eigenvalue weighted by atomic mass is 9.79. The zero-order valence-electron chi connectivity index (χ0n) is 16.8. The van der Waals surface area contributed by atoms with Crippen LogP contribution in [0.2, 0.25) is 0 Å². The maximum Gasteiger partial charge on any atom is 0.0490 e. The second-order valence-electron chi connectivity index (χ2n) is 8.75. The fraction of sp³-hybridized carbons (Fsp3) is 0.538. The molecule has 0 spiro atoms. The quantitative estimate of drug-likeness (QED) is 0.541. The van der Waals surface area contributed by atoms with Crippen LogP contribution in [0.4, 0.5) is 0 Å². The summed E-state index contributed by atoms with van der Waals surface area (Å²) in [6, 6.07) is 18.8. The fourth-order valence-corrected chi connectivity index (χ4v) is 5.23. The molecule has 0 aromatic heterocycles. The van der Waals surface area contributed by atoms with Gasteiger partial charge in [0.1, 0.15) is 0 Å². The molecule has 0 N–H and O–H groups in total. The summed E-state index contributed by atoms with van der Waals surface area (Å²) < 4.78 is 5.33. The summed E-state index contributed by atoms with van der Waals surface area (Å²) in [5.74, 6) is 2.30. The summed E-state index contributed by atoms with van der Waals surface area (Å²) >= 11 is 0. The van der Waals surface area contributed by atoms with E-state index in [1.807, 2.05) is 7.11 Å². The molecule has 2 saturated carbocycles. The molecule has 2 aromatic rings. The third-order valence-corrected chi connectivity index (χ3v) is 6.95. The van der Waals surface area contributed by atoms with Gasteiger partial charge in [-0.3, -0.25) is 0 Å². The Hall–Kier alpha value is -1.60. The third-order valence-electron chi connectivity index (χ3n) is 6.95. The van der Waals surface area contributed by atoms with Crippen molar-refractivity contribution in [2.24, 2.45) is 5.92 Å². The molecular weight excluding hydrogens is 328 g/mol. The molecule has 1 nitrogen and oxygen atoms in total. The van der Waals surface area contributed by atoms with Crippen molar-refractivity contribution in [2.45, 2.75) is 69.6 Å². The molecule has 2 fully saturated rings. The molecule has 0 saturated heterocycles. The van der Waals surface area contributed by atoms with Crippen LogP contribution in [0.3, 0.4) is 0 Å².